The summed E-state index contributed by atoms with van der Waals surface area (Å²) < 4.78 is 5.81. The summed E-state index contributed by atoms with van der Waals surface area (Å²) in [6.45, 7) is 6.62. The predicted molar refractivity (Wildman–Crippen MR) is 71.4 cm³/mol. The third-order valence-corrected chi connectivity index (χ3v) is 4.60. The Bertz CT molecular complexity index is 404. The van der Waals surface area contributed by atoms with E-state index in [4.69, 9.17) is 4.74 Å². The Morgan fingerprint density at radius 3 is 3.17 bits per heavy atom. The van der Waals surface area contributed by atoms with E-state index in [9.17, 15) is 0 Å². The standard InChI is InChI=1S/C15H22N2O/c1-15(2)13(12-6-9-18-14(12)15)17-8-5-11-4-3-7-16-10-11/h3-4,7,10,12-14,17H,5-6,8-9H2,1-2H3. The van der Waals surface area contributed by atoms with E-state index in [2.05, 4.69) is 30.2 Å². The number of aromatic nitrogens is 1. The number of ether oxygens (including phenoxy) is 1. The minimum Gasteiger partial charge on any atom is -0.377 e. The van der Waals surface area contributed by atoms with Gasteiger partial charge in [-0.15, -0.1) is 0 Å². The Morgan fingerprint density at radius 1 is 1.50 bits per heavy atom. The first-order valence-corrected chi connectivity index (χ1v) is 6.93. The van der Waals surface area contributed by atoms with Crippen LogP contribution in [0.15, 0.2) is 24.5 Å². The van der Waals surface area contributed by atoms with Gasteiger partial charge in [-0.25, -0.2) is 0 Å². The van der Waals surface area contributed by atoms with Crippen molar-refractivity contribution in [3.05, 3.63) is 30.1 Å². The van der Waals surface area contributed by atoms with E-state index in [1.807, 2.05) is 18.5 Å². The van der Waals surface area contributed by atoms with E-state index in [1.165, 1.54) is 12.0 Å². The second-order valence-electron chi connectivity index (χ2n) is 6.11. The third kappa shape index (κ3) is 1.95. The highest BCUT2D eigenvalue weighted by molar-refractivity contribution is 5.12. The number of nitrogens with one attached hydrogen (secondary N) is 1. The van der Waals surface area contributed by atoms with Crippen molar-refractivity contribution in [1.29, 1.82) is 0 Å². The molecule has 0 radical (unpaired) electrons. The predicted octanol–water partition coefficient (Wildman–Crippen LogP) is 2.03. The van der Waals surface area contributed by atoms with Crippen molar-refractivity contribution in [2.24, 2.45) is 11.3 Å². The number of rotatable bonds is 4. The zero-order valence-electron chi connectivity index (χ0n) is 11.2. The van der Waals surface area contributed by atoms with Gasteiger partial charge in [-0.3, -0.25) is 4.98 Å². The highest BCUT2D eigenvalue weighted by Crippen LogP contribution is 2.51. The summed E-state index contributed by atoms with van der Waals surface area (Å²) in [6, 6.07) is 4.76. The Morgan fingerprint density at radius 2 is 2.39 bits per heavy atom. The Hall–Kier alpha value is -0.930. The molecule has 98 valence electrons. The van der Waals surface area contributed by atoms with Crippen LogP contribution in [0.4, 0.5) is 0 Å². The molecule has 3 nitrogen and oxygen atoms in total. The summed E-state index contributed by atoms with van der Waals surface area (Å²) >= 11 is 0. The van der Waals surface area contributed by atoms with Gasteiger partial charge in [-0.2, -0.15) is 0 Å². The molecule has 2 fully saturated rings. The maximum atomic E-state index is 5.81. The van der Waals surface area contributed by atoms with Crippen molar-refractivity contribution in [2.75, 3.05) is 13.2 Å². The summed E-state index contributed by atoms with van der Waals surface area (Å²) in [5.41, 5.74) is 1.59. The second kappa shape index (κ2) is 4.63. The molecule has 1 aromatic rings. The van der Waals surface area contributed by atoms with Crippen LogP contribution >= 0.6 is 0 Å². The maximum absolute atomic E-state index is 5.81. The van der Waals surface area contributed by atoms with Crippen LogP contribution in [0.1, 0.15) is 25.8 Å². The molecule has 1 aliphatic heterocycles. The molecule has 1 saturated heterocycles. The summed E-state index contributed by atoms with van der Waals surface area (Å²) in [5.74, 6) is 0.730. The Labute approximate surface area is 109 Å². The average molecular weight is 246 g/mol. The quantitative estimate of drug-likeness (QED) is 0.882. The van der Waals surface area contributed by atoms with E-state index >= 15 is 0 Å². The smallest absolute Gasteiger partial charge is 0.0685 e. The molecular formula is C15H22N2O. The molecule has 1 N–H and O–H groups in total. The molecule has 0 bridgehead atoms. The van der Waals surface area contributed by atoms with Crippen LogP contribution in [-0.2, 0) is 11.2 Å². The van der Waals surface area contributed by atoms with Gasteiger partial charge in [0.05, 0.1) is 6.10 Å². The lowest BCUT2D eigenvalue weighted by molar-refractivity contribution is -0.112. The van der Waals surface area contributed by atoms with Crippen molar-refractivity contribution in [2.45, 2.75) is 38.8 Å². The maximum Gasteiger partial charge on any atom is 0.0685 e. The van der Waals surface area contributed by atoms with E-state index in [1.54, 1.807) is 0 Å². The molecule has 0 spiro atoms. The van der Waals surface area contributed by atoms with Crippen LogP contribution < -0.4 is 5.32 Å². The molecule has 18 heavy (non-hydrogen) atoms. The van der Waals surface area contributed by atoms with Crippen molar-refractivity contribution in [3.63, 3.8) is 0 Å². The van der Waals surface area contributed by atoms with Crippen molar-refractivity contribution >= 4 is 0 Å². The third-order valence-electron chi connectivity index (χ3n) is 4.60. The molecule has 2 aliphatic rings. The number of hydrogen-bond acceptors (Lipinski definition) is 3. The van der Waals surface area contributed by atoms with E-state index < -0.39 is 0 Å². The summed E-state index contributed by atoms with van der Waals surface area (Å²) in [7, 11) is 0. The summed E-state index contributed by atoms with van der Waals surface area (Å²) in [4.78, 5) is 4.15. The monoisotopic (exact) mass is 246 g/mol. The first-order chi connectivity index (χ1) is 8.69. The highest BCUT2D eigenvalue weighted by Gasteiger charge is 2.58. The van der Waals surface area contributed by atoms with Crippen LogP contribution in [-0.4, -0.2) is 30.3 Å². The minimum absolute atomic E-state index is 0.288. The normalized spacial score (nSPS) is 32.9. The molecule has 3 rings (SSSR count). The van der Waals surface area contributed by atoms with Gasteiger partial charge in [0.15, 0.2) is 0 Å². The van der Waals surface area contributed by atoms with Crippen LogP contribution in [0.5, 0.6) is 0 Å². The molecule has 2 heterocycles. The zero-order valence-corrected chi connectivity index (χ0v) is 11.2. The van der Waals surface area contributed by atoms with Crippen LogP contribution in [0.2, 0.25) is 0 Å². The van der Waals surface area contributed by atoms with E-state index in [0.717, 1.165) is 25.5 Å². The van der Waals surface area contributed by atoms with Crippen molar-refractivity contribution in [3.8, 4) is 0 Å². The van der Waals surface area contributed by atoms with Gasteiger partial charge < -0.3 is 10.1 Å². The largest absolute Gasteiger partial charge is 0.377 e. The molecular weight excluding hydrogens is 224 g/mol. The fourth-order valence-corrected chi connectivity index (χ4v) is 3.66. The summed E-state index contributed by atoms with van der Waals surface area (Å²) in [5, 5.41) is 3.72. The van der Waals surface area contributed by atoms with E-state index in [-0.39, 0.29) is 5.41 Å². The zero-order chi connectivity index (χ0) is 12.6. The van der Waals surface area contributed by atoms with Gasteiger partial charge in [-0.05, 0) is 31.0 Å². The SMILES string of the molecule is CC1(C)C(NCCc2cccnc2)C2CCOC21. The molecule has 3 heteroatoms. The van der Waals surface area contributed by atoms with Gasteiger partial charge in [0, 0.05) is 36.4 Å². The molecule has 3 atom stereocenters. The average Bonchev–Trinajstić information content (AvgIpc) is 2.82. The van der Waals surface area contributed by atoms with E-state index in [0.29, 0.717) is 12.1 Å². The highest BCUT2D eigenvalue weighted by atomic mass is 16.5. The van der Waals surface area contributed by atoms with Gasteiger partial charge in [-0.1, -0.05) is 19.9 Å². The summed E-state index contributed by atoms with van der Waals surface area (Å²) in [6.07, 6.45) is 6.53. The second-order valence-corrected chi connectivity index (χ2v) is 6.11. The number of nitrogens with zero attached hydrogens (tertiary/aromatic N) is 1. The topological polar surface area (TPSA) is 34.2 Å². The molecule has 0 amide bonds. The first kappa shape index (κ1) is 12.1. The first-order valence-electron chi connectivity index (χ1n) is 6.93. The van der Waals surface area contributed by atoms with Crippen LogP contribution in [0.25, 0.3) is 0 Å². The Kier molecular flexibility index (Phi) is 3.12. The lowest BCUT2D eigenvalue weighted by Crippen LogP contribution is -2.66. The minimum atomic E-state index is 0.288. The van der Waals surface area contributed by atoms with Gasteiger partial charge in [0.1, 0.15) is 0 Å². The lowest BCUT2D eigenvalue weighted by atomic mass is 9.57. The van der Waals surface area contributed by atoms with Crippen molar-refractivity contribution < 1.29 is 4.74 Å². The molecule has 3 unspecified atom stereocenters. The van der Waals surface area contributed by atoms with Crippen molar-refractivity contribution in [1.82, 2.24) is 10.3 Å². The van der Waals surface area contributed by atoms with Gasteiger partial charge >= 0.3 is 0 Å². The molecule has 1 saturated carbocycles. The van der Waals surface area contributed by atoms with Crippen LogP contribution in [0.3, 0.4) is 0 Å². The molecule has 0 aromatic carbocycles. The number of hydrogen-bond donors (Lipinski definition) is 1. The van der Waals surface area contributed by atoms with Gasteiger partial charge in [0.25, 0.3) is 0 Å². The molecule has 1 aromatic heterocycles. The number of fused-ring (bicyclic) bond motifs is 1. The number of pyridine rings is 1. The lowest BCUT2D eigenvalue weighted by Gasteiger charge is -2.55. The molecule has 1 aliphatic carbocycles. The fourth-order valence-electron chi connectivity index (χ4n) is 3.66. The van der Waals surface area contributed by atoms with Gasteiger partial charge in [0.2, 0.25) is 0 Å². The van der Waals surface area contributed by atoms with Crippen LogP contribution in [0, 0.1) is 11.3 Å². The fraction of sp³-hybridized carbons (Fsp3) is 0.667. The Balaban J connectivity index is 1.52.